The van der Waals surface area contributed by atoms with Crippen LogP contribution < -0.4 is 0 Å². The van der Waals surface area contributed by atoms with E-state index in [2.05, 4.69) is 6.92 Å². The third kappa shape index (κ3) is 3.16. The van der Waals surface area contributed by atoms with Crippen LogP contribution in [0.25, 0.3) is 0 Å². The Kier molecular flexibility index (Phi) is 3.36. The predicted molar refractivity (Wildman–Crippen MR) is 107 cm³/mol. The number of rotatable bonds is 4. The highest BCUT2D eigenvalue weighted by molar-refractivity contribution is 5.66. The van der Waals surface area contributed by atoms with Crippen molar-refractivity contribution >= 4 is 5.97 Å². The Hall–Kier alpha value is -0.570. The van der Waals surface area contributed by atoms with Crippen molar-refractivity contribution in [2.45, 2.75) is 97.3 Å². The Labute approximate surface area is 175 Å². The van der Waals surface area contributed by atoms with Crippen LogP contribution in [0.4, 0.5) is 0 Å². The first-order valence-electron chi connectivity index (χ1n) is 14.3. The smallest absolute Gasteiger partial charge is 0.303 e. The second-order valence-electron chi connectivity index (χ2n) is 10.3. The molecular weight excluding hydrogens is 336 g/mol. The van der Waals surface area contributed by atoms with E-state index < -0.39 is 42.5 Å². The molecular formula is C24H40O3. The van der Waals surface area contributed by atoms with Gasteiger partial charge in [-0.1, -0.05) is 20.8 Å². The molecule has 0 radical (unpaired) electrons. The lowest BCUT2D eigenvalue weighted by Crippen LogP contribution is -2.54. The van der Waals surface area contributed by atoms with Crippen LogP contribution in [0.5, 0.6) is 0 Å². The van der Waals surface area contributed by atoms with Crippen molar-refractivity contribution in [3.8, 4) is 0 Å². The quantitative estimate of drug-likeness (QED) is 0.673. The largest absolute Gasteiger partial charge is 0.481 e. The molecule has 4 saturated carbocycles. The molecule has 0 saturated heterocycles. The monoisotopic (exact) mass is 383 g/mol. The fourth-order valence-electron chi connectivity index (χ4n) is 7.80. The average Bonchev–Trinajstić information content (AvgIpc) is 3.03. The molecule has 0 aliphatic heterocycles. The lowest BCUT2D eigenvalue weighted by atomic mass is 9.44. The first kappa shape index (κ1) is 12.9. The minimum Gasteiger partial charge on any atom is -0.481 e. The summed E-state index contributed by atoms with van der Waals surface area (Å²) in [6.45, 7) is 6.23. The van der Waals surface area contributed by atoms with Crippen LogP contribution in [0, 0.1) is 46.3 Å². The summed E-state index contributed by atoms with van der Waals surface area (Å²) in [4.78, 5) is 11.4. The van der Waals surface area contributed by atoms with Crippen LogP contribution >= 0.6 is 0 Å². The molecule has 0 aromatic heterocycles. The van der Waals surface area contributed by atoms with Crippen molar-refractivity contribution < 1.29 is 24.6 Å². The molecule has 0 heterocycles. The average molecular weight is 384 g/mol. The van der Waals surface area contributed by atoms with E-state index in [4.69, 9.17) is 9.60 Å². The standard InChI is InChI=1S/C24H40O3/c1-15(4-9-22(26)27)19-7-8-20-18-6-5-16-14-17(25)10-12-23(16,2)21(18)11-13-24(19,20)3/h15-21,25H,4-14H2,1-3H3,(H,26,27)/t15-,16-,17?,18+,19-,20+,21+,23+,24-/m1/s1/i9D2,10D2,14D2,17D. The number of aliphatic hydroxyl groups is 1. The van der Waals surface area contributed by atoms with Crippen molar-refractivity contribution in [1.82, 2.24) is 0 Å². The van der Waals surface area contributed by atoms with E-state index in [1.54, 1.807) is 0 Å². The summed E-state index contributed by atoms with van der Waals surface area (Å²) in [6.07, 6.45) is -4.83. The van der Waals surface area contributed by atoms with Crippen LogP contribution in [-0.4, -0.2) is 22.3 Å². The molecule has 4 aliphatic carbocycles. The molecule has 4 rings (SSSR count). The molecule has 0 bridgehead atoms. The molecule has 4 fully saturated rings. The predicted octanol–water partition coefficient (Wildman–Crippen LogP) is 5.51. The molecule has 0 aromatic carbocycles. The van der Waals surface area contributed by atoms with Crippen LogP contribution in [0.1, 0.15) is 101 Å². The topological polar surface area (TPSA) is 57.5 Å². The van der Waals surface area contributed by atoms with Gasteiger partial charge in [0.05, 0.1) is 7.45 Å². The summed E-state index contributed by atoms with van der Waals surface area (Å²) in [7, 11) is 0. The molecule has 154 valence electrons. The van der Waals surface area contributed by atoms with Gasteiger partial charge in [0.25, 0.3) is 0 Å². The van der Waals surface area contributed by atoms with Crippen molar-refractivity contribution in [3.05, 3.63) is 0 Å². The van der Waals surface area contributed by atoms with Gasteiger partial charge < -0.3 is 10.2 Å². The zero-order valence-electron chi connectivity index (χ0n) is 23.9. The van der Waals surface area contributed by atoms with Crippen LogP contribution in [-0.2, 0) is 4.79 Å². The third-order valence-electron chi connectivity index (χ3n) is 9.15. The Bertz CT molecular complexity index is 846. The summed E-state index contributed by atoms with van der Waals surface area (Å²) < 4.78 is 58.2. The maximum absolute atomic E-state index is 11.4. The van der Waals surface area contributed by atoms with Crippen molar-refractivity contribution in [2.75, 3.05) is 0 Å². The van der Waals surface area contributed by atoms with Crippen molar-refractivity contribution in [3.63, 3.8) is 0 Å². The van der Waals surface area contributed by atoms with E-state index >= 15 is 0 Å². The maximum atomic E-state index is 11.4. The van der Waals surface area contributed by atoms with Gasteiger partial charge in [0.15, 0.2) is 0 Å². The number of carbonyl (C=O) groups is 1. The highest BCUT2D eigenvalue weighted by atomic mass is 16.4. The lowest BCUT2D eigenvalue weighted by Gasteiger charge is -2.61. The Morgan fingerprint density at radius 3 is 2.67 bits per heavy atom. The molecule has 0 amide bonds. The fourth-order valence-corrected chi connectivity index (χ4v) is 7.80. The first-order chi connectivity index (χ1) is 15.3. The fraction of sp³-hybridized carbons (Fsp3) is 0.958. The zero-order valence-corrected chi connectivity index (χ0v) is 16.9. The summed E-state index contributed by atoms with van der Waals surface area (Å²) in [5.41, 5.74) is -0.684. The molecule has 0 spiro atoms. The first-order valence-corrected chi connectivity index (χ1v) is 10.8. The number of carboxylic acid groups (broad SMARTS) is 1. The normalized spacial score (nSPS) is 61.2. The van der Waals surface area contributed by atoms with E-state index in [9.17, 15) is 15.0 Å². The molecule has 2 N–H and O–H groups in total. The zero-order chi connectivity index (χ0) is 25.7. The number of aliphatic carboxylic acids is 1. The number of carboxylic acids is 1. The van der Waals surface area contributed by atoms with Crippen LogP contribution in [0.3, 0.4) is 0 Å². The Balaban J connectivity index is 1.61. The van der Waals surface area contributed by atoms with E-state index in [1.807, 2.05) is 13.8 Å². The van der Waals surface area contributed by atoms with E-state index in [1.165, 1.54) is 0 Å². The van der Waals surface area contributed by atoms with Crippen LogP contribution in [0.15, 0.2) is 0 Å². The minimum atomic E-state index is -2.78. The molecule has 4 aliphatic rings. The molecule has 27 heavy (non-hydrogen) atoms. The summed E-state index contributed by atoms with van der Waals surface area (Å²) in [5.74, 6) is -1.05. The summed E-state index contributed by atoms with van der Waals surface area (Å²) in [5, 5.41) is 19.9. The summed E-state index contributed by atoms with van der Waals surface area (Å²) in [6, 6.07) is 0. The molecule has 9 atom stereocenters. The Morgan fingerprint density at radius 2 is 1.93 bits per heavy atom. The Morgan fingerprint density at radius 1 is 1.19 bits per heavy atom. The molecule has 0 aromatic rings. The highest BCUT2D eigenvalue weighted by Crippen LogP contribution is 2.68. The molecule has 1 unspecified atom stereocenters. The van der Waals surface area contributed by atoms with Gasteiger partial charge in [0.2, 0.25) is 0 Å². The van der Waals surface area contributed by atoms with Crippen molar-refractivity contribution in [1.29, 1.82) is 0 Å². The van der Waals surface area contributed by atoms with Gasteiger partial charge >= 0.3 is 5.97 Å². The molecule has 3 nitrogen and oxygen atoms in total. The second kappa shape index (κ2) is 7.04. The van der Waals surface area contributed by atoms with Gasteiger partial charge in [-0.25, -0.2) is 0 Å². The summed E-state index contributed by atoms with van der Waals surface area (Å²) >= 11 is 0. The van der Waals surface area contributed by atoms with E-state index in [0.717, 1.165) is 32.1 Å². The van der Waals surface area contributed by atoms with Gasteiger partial charge in [0, 0.05) is 14.6 Å². The van der Waals surface area contributed by atoms with E-state index in [-0.39, 0.29) is 36.0 Å². The number of hydrogen-bond donors (Lipinski definition) is 2. The van der Waals surface area contributed by atoms with Crippen molar-refractivity contribution in [2.24, 2.45) is 46.3 Å². The highest BCUT2D eigenvalue weighted by Gasteiger charge is 2.60. The second-order valence-corrected chi connectivity index (χ2v) is 10.3. The van der Waals surface area contributed by atoms with Gasteiger partial charge in [-0.2, -0.15) is 0 Å². The lowest BCUT2D eigenvalue weighted by molar-refractivity contribution is -0.138. The van der Waals surface area contributed by atoms with Crippen LogP contribution in [0.2, 0.25) is 0 Å². The van der Waals surface area contributed by atoms with Gasteiger partial charge in [-0.05, 0) is 110 Å². The molecule has 3 heteroatoms. The van der Waals surface area contributed by atoms with E-state index in [0.29, 0.717) is 18.3 Å². The van der Waals surface area contributed by atoms with Gasteiger partial charge in [-0.3, -0.25) is 4.79 Å². The van der Waals surface area contributed by atoms with Gasteiger partial charge in [0.1, 0.15) is 0 Å². The minimum absolute atomic E-state index is 0.00824. The van der Waals surface area contributed by atoms with Gasteiger partial charge in [-0.15, -0.1) is 0 Å². The number of hydrogen-bond acceptors (Lipinski definition) is 2. The number of fused-ring (bicyclic) bond motifs is 5. The SMILES string of the molecule is [2H]C([2H])(C[C@@H](C)[C@H]1CC[C@H]2[C@@H]3CC[C@@H]4C([2H])([2H])C([2H])(O)C([2H])([2H])C[C@]4(C)[C@H]3CC[C@]12C)C(=O)O. The maximum Gasteiger partial charge on any atom is 0.303 e. The third-order valence-corrected chi connectivity index (χ3v) is 9.15.